The fourth-order valence-electron chi connectivity index (χ4n) is 7.03. The average Bonchev–Trinajstić information content (AvgIpc) is 3.14. The quantitative estimate of drug-likeness (QED) is 0.101. The number of rotatable bonds is 10. The molecular formula is C32H48N4O9. The number of carboxylic acid groups (broad SMARTS) is 2. The Kier molecular flexibility index (Phi) is 12.1. The van der Waals surface area contributed by atoms with Crippen LogP contribution in [0, 0.1) is 11.3 Å². The molecule has 0 aromatic heterocycles. The molecule has 4 rings (SSSR count). The number of carbonyl (C=O) groups excluding carboxylic acids is 3. The summed E-state index contributed by atoms with van der Waals surface area (Å²) >= 11 is 0. The zero-order valence-corrected chi connectivity index (χ0v) is 26.5. The number of hydrogen-bond acceptors (Lipinski definition) is 10. The van der Waals surface area contributed by atoms with Gasteiger partial charge in [-0.15, -0.1) is 0 Å². The molecule has 13 nitrogen and oxygen atoms in total. The van der Waals surface area contributed by atoms with Gasteiger partial charge in [0.2, 0.25) is 5.91 Å². The number of hydrogen-bond donors (Lipinski definition) is 5. The average molecular weight is 633 g/mol. The number of cyclic esters (lactones) is 1. The summed E-state index contributed by atoms with van der Waals surface area (Å²) in [6.07, 6.45) is 10.9. The smallest absolute Gasteiger partial charge is 0.331 e. The lowest BCUT2D eigenvalue weighted by Gasteiger charge is -2.54. The van der Waals surface area contributed by atoms with Crippen molar-refractivity contribution in [3.05, 3.63) is 35.5 Å². The van der Waals surface area contributed by atoms with E-state index in [1.807, 2.05) is 11.0 Å². The van der Waals surface area contributed by atoms with Crippen LogP contribution in [-0.4, -0.2) is 94.9 Å². The van der Waals surface area contributed by atoms with Crippen molar-refractivity contribution in [1.29, 1.82) is 0 Å². The molecule has 4 aliphatic rings. The van der Waals surface area contributed by atoms with Crippen LogP contribution in [0.15, 0.2) is 35.5 Å². The molecule has 0 radical (unpaired) electrons. The van der Waals surface area contributed by atoms with Crippen molar-refractivity contribution in [3.8, 4) is 0 Å². The van der Waals surface area contributed by atoms with Crippen molar-refractivity contribution in [2.45, 2.75) is 89.4 Å². The number of aliphatic carboxylic acids is 2. The van der Waals surface area contributed by atoms with E-state index in [0.29, 0.717) is 57.3 Å². The second kappa shape index (κ2) is 15.2. The van der Waals surface area contributed by atoms with Crippen molar-refractivity contribution in [2.75, 3.05) is 32.7 Å². The summed E-state index contributed by atoms with van der Waals surface area (Å²) in [5.74, 6) is -3.23. The Morgan fingerprint density at radius 3 is 2.47 bits per heavy atom. The van der Waals surface area contributed by atoms with Gasteiger partial charge in [-0.2, -0.15) is 0 Å². The van der Waals surface area contributed by atoms with Crippen molar-refractivity contribution in [2.24, 2.45) is 22.8 Å². The first-order valence-corrected chi connectivity index (χ1v) is 15.6. The standard InChI is InChI=1S/C26H34N2O7.C6H14N2O2/c1-17(22(31)32)5-4-9-24(3)20-8-11-25(23(33)35-24)10-6-19(7-12-26(20,25)34-18(2)29)21(30)28-15-13-27-14-16-28;7-4-2-1-3-5(8)6(9)10/h4-6,9,20,27H,7-8,10-16H2,1-3H3,(H,31,32);5H,1-4,7-8H2,(H,9,10)/b9-4+,17-5+;/t20-,24+,25+,26-;/m0./s1. The van der Waals surface area contributed by atoms with Crippen LogP contribution in [0.4, 0.5) is 0 Å². The lowest BCUT2D eigenvalue weighted by Crippen LogP contribution is -2.65. The number of nitrogens with zero attached hydrogens (tertiary/aromatic N) is 1. The Hall–Kier alpha value is -3.55. The van der Waals surface area contributed by atoms with Crippen LogP contribution in [-0.2, 0) is 33.4 Å². The number of ether oxygens (including phenoxy) is 2. The minimum Gasteiger partial charge on any atom is -0.480 e. The second-order valence-corrected chi connectivity index (χ2v) is 12.4. The number of piperazine rings is 1. The van der Waals surface area contributed by atoms with Gasteiger partial charge in [-0.25, -0.2) is 4.79 Å². The number of carboxylic acids is 2. The molecule has 2 bridgehead atoms. The molecular weight excluding hydrogens is 584 g/mol. The molecule has 2 aliphatic carbocycles. The number of nitrogens with one attached hydrogen (secondary N) is 1. The highest BCUT2D eigenvalue weighted by Crippen LogP contribution is 2.65. The molecule has 2 heterocycles. The maximum atomic E-state index is 13.7. The molecule has 2 saturated heterocycles. The van der Waals surface area contributed by atoms with E-state index >= 15 is 0 Å². The molecule has 0 aromatic carbocycles. The highest BCUT2D eigenvalue weighted by molar-refractivity contribution is 5.94. The highest BCUT2D eigenvalue weighted by Gasteiger charge is 2.74. The van der Waals surface area contributed by atoms with Crippen LogP contribution in [0.2, 0.25) is 0 Å². The molecule has 0 aromatic rings. The summed E-state index contributed by atoms with van der Waals surface area (Å²) in [5.41, 5.74) is 7.98. The first kappa shape index (κ1) is 35.9. The van der Waals surface area contributed by atoms with Crippen LogP contribution >= 0.6 is 0 Å². The van der Waals surface area contributed by atoms with Gasteiger partial charge in [0.1, 0.15) is 22.7 Å². The predicted octanol–water partition coefficient (Wildman–Crippen LogP) is 1.66. The van der Waals surface area contributed by atoms with Gasteiger partial charge in [-0.1, -0.05) is 24.6 Å². The number of amides is 1. The zero-order valence-electron chi connectivity index (χ0n) is 26.5. The zero-order chi connectivity index (χ0) is 33.4. The van der Waals surface area contributed by atoms with Crippen LogP contribution in [0.1, 0.15) is 72.1 Å². The first-order chi connectivity index (χ1) is 21.2. The molecule has 45 heavy (non-hydrogen) atoms. The molecule has 7 N–H and O–H groups in total. The number of esters is 2. The van der Waals surface area contributed by atoms with Gasteiger partial charge in [0.15, 0.2) is 0 Å². The van der Waals surface area contributed by atoms with Gasteiger partial charge in [0, 0.05) is 50.2 Å². The van der Waals surface area contributed by atoms with Gasteiger partial charge in [-0.05, 0) is 71.4 Å². The molecule has 250 valence electrons. The van der Waals surface area contributed by atoms with Gasteiger partial charge in [0.05, 0.1) is 0 Å². The van der Waals surface area contributed by atoms with E-state index in [1.54, 1.807) is 19.1 Å². The molecule has 13 heteroatoms. The molecule has 3 fully saturated rings. The number of allylic oxidation sites excluding steroid dienone is 3. The van der Waals surface area contributed by atoms with E-state index in [9.17, 15) is 24.0 Å². The number of carbonyl (C=O) groups is 5. The van der Waals surface area contributed by atoms with E-state index in [2.05, 4.69) is 5.32 Å². The Labute approximate surface area is 264 Å². The Morgan fingerprint density at radius 1 is 1.18 bits per heavy atom. The van der Waals surface area contributed by atoms with E-state index in [-0.39, 0.29) is 23.8 Å². The van der Waals surface area contributed by atoms with Crippen LogP contribution < -0.4 is 16.8 Å². The fourth-order valence-corrected chi connectivity index (χ4v) is 7.03. The van der Waals surface area contributed by atoms with E-state index in [0.717, 1.165) is 25.9 Å². The lowest BCUT2D eigenvalue weighted by atomic mass is 9.62. The predicted molar refractivity (Wildman–Crippen MR) is 165 cm³/mol. The van der Waals surface area contributed by atoms with Gasteiger partial charge in [-0.3, -0.25) is 19.2 Å². The Morgan fingerprint density at radius 2 is 1.87 bits per heavy atom. The normalized spacial score (nSPS) is 30.2. The van der Waals surface area contributed by atoms with Crippen molar-refractivity contribution in [3.63, 3.8) is 0 Å². The van der Waals surface area contributed by atoms with Crippen LogP contribution in [0.3, 0.4) is 0 Å². The van der Waals surface area contributed by atoms with E-state index < -0.39 is 46.5 Å². The molecule has 5 atom stereocenters. The SMILES string of the molecule is CC(=O)O[C@]12CCC(C(=O)N3CCNCC3)=CC[C@]13CC[C@H]2[C@@](C)(/C=C/C=C(\C)C(=O)O)OC3=O.NCCCCC(N)C(=O)O. The molecule has 2 aliphatic heterocycles. The van der Waals surface area contributed by atoms with Crippen LogP contribution in [0.5, 0.6) is 0 Å². The van der Waals surface area contributed by atoms with Crippen molar-refractivity contribution in [1.82, 2.24) is 10.2 Å². The molecule has 1 saturated carbocycles. The summed E-state index contributed by atoms with van der Waals surface area (Å²) in [7, 11) is 0. The molecule has 1 amide bonds. The number of nitrogens with two attached hydrogens (primary N) is 2. The Balaban J connectivity index is 0.000000477. The summed E-state index contributed by atoms with van der Waals surface area (Å²) in [4.78, 5) is 62.4. The maximum absolute atomic E-state index is 13.7. The summed E-state index contributed by atoms with van der Waals surface area (Å²) in [5, 5.41) is 20.7. The summed E-state index contributed by atoms with van der Waals surface area (Å²) in [6, 6.07) is -0.716. The molecule has 1 unspecified atom stereocenters. The minimum absolute atomic E-state index is 0.0271. The first-order valence-electron chi connectivity index (χ1n) is 15.6. The van der Waals surface area contributed by atoms with Gasteiger partial charge >= 0.3 is 23.9 Å². The van der Waals surface area contributed by atoms with Gasteiger partial charge < -0.3 is 41.4 Å². The third kappa shape index (κ3) is 7.82. The topological polar surface area (TPSA) is 212 Å². The van der Waals surface area contributed by atoms with Crippen molar-refractivity contribution >= 4 is 29.8 Å². The lowest BCUT2D eigenvalue weighted by molar-refractivity contribution is -0.235. The van der Waals surface area contributed by atoms with Gasteiger partial charge in [0.25, 0.3) is 0 Å². The third-order valence-corrected chi connectivity index (χ3v) is 9.49. The van der Waals surface area contributed by atoms with Crippen LogP contribution in [0.25, 0.3) is 0 Å². The third-order valence-electron chi connectivity index (χ3n) is 9.49. The molecule has 0 spiro atoms. The monoisotopic (exact) mass is 632 g/mol. The second-order valence-electron chi connectivity index (χ2n) is 12.4. The van der Waals surface area contributed by atoms with E-state index in [4.69, 9.17) is 31.2 Å². The minimum atomic E-state index is -1.11. The maximum Gasteiger partial charge on any atom is 0.331 e. The summed E-state index contributed by atoms with van der Waals surface area (Å²) in [6.45, 7) is 7.97. The highest BCUT2D eigenvalue weighted by atomic mass is 16.6. The summed E-state index contributed by atoms with van der Waals surface area (Å²) < 4.78 is 12.1. The van der Waals surface area contributed by atoms with Crippen molar-refractivity contribution < 1.29 is 43.7 Å². The Bertz CT molecular complexity index is 1240. The number of unbranched alkanes of at least 4 members (excludes halogenated alkanes) is 1. The largest absolute Gasteiger partial charge is 0.480 e. The fraction of sp³-hybridized carbons (Fsp3) is 0.656. The van der Waals surface area contributed by atoms with E-state index in [1.165, 1.54) is 19.9 Å².